The van der Waals surface area contributed by atoms with Crippen molar-refractivity contribution >= 4 is 48.6 Å². The Kier molecular flexibility index (Phi) is 4.94. The van der Waals surface area contributed by atoms with Crippen molar-refractivity contribution in [3.05, 3.63) is 44.9 Å². The van der Waals surface area contributed by atoms with Crippen LogP contribution in [0, 0.1) is 13.8 Å². The molecule has 2 heterocycles. The number of rotatable bonds is 5. The lowest BCUT2D eigenvalue weighted by molar-refractivity contribution is 0.0701. The molecule has 0 atom stereocenters. The predicted molar refractivity (Wildman–Crippen MR) is 105 cm³/mol. The van der Waals surface area contributed by atoms with E-state index in [1.54, 1.807) is 6.92 Å². The normalized spacial score (nSPS) is 12.2. The molecule has 3 aromatic rings. The lowest BCUT2D eigenvalue weighted by Gasteiger charge is -2.05. The van der Waals surface area contributed by atoms with E-state index in [9.17, 15) is 13.2 Å². The van der Waals surface area contributed by atoms with Gasteiger partial charge >= 0.3 is 5.97 Å². The number of carboxylic acid groups (broad SMARTS) is 1. The maximum atomic E-state index is 12.9. The lowest BCUT2D eigenvalue weighted by atomic mass is 10.0. The molecule has 0 saturated carbocycles. The highest BCUT2D eigenvalue weighted by Crippen LogP contribution is 2.37. The second kappa shape index (κ2) is 6.75. The van der Waals surface area contributed by atoms with Crippen LogP contribution in [-0.4, -0.2) is 24.5 Å². The minimum absolute atomic E-state index is 0.0878. The highest BCUT2D eigenvalue weighted by Gasteiger charge is 2.25. The van der Waals surface area contributed by atoms with Crippen LogP contribution in [0.25, 0.3) is 10.1 Å². The van der Waals surface area contributed by atoms with E-state index in [2.05, 4.69) is 24.9 Å². The summed E-state index contributed by atoms with van der Waals surface area (Å²) in [5.74, 6) is -0.995. The Hall–Kier alpha value is -1.77. The van der Waals surface area contributed by atoms with Crippen molar-refractivity contribution < 1.29 is 18.3 Å². The molecule has 2 aromatic heterocycles. The van der Waals surface area contributed by atoms with Crippen LogP contribution < -0.4 is 0 Å². The number of benzene rings is 1. The monoisotopic (exact) mass is 409 g/mol. The molecular formula is C18H19NO4S3. The fourth-order valence-electron chi connectivity index (χ4n) is 2.81. The molecule has 26 heavy (non-hydrogen) atoms. The average Bonchev–Trinajstić information content (AvgIpc) is 3.07. The van der Waals surface area contributed by atoms with E-state index in [0.29, 0.717) is 20.8 Å². The molecule has 1 aromatic carbocycles. The number of thiophene rings is 1. The van der Waals surface area contributed by atoms with Gasteiger partial charge in [0.15, 0.2) is 9.84 Å². The molecule has 0 bridgehead atoms. The van der Waals surface area contributed by atoms with Crippen LogP contribution in [0.15, 0.2) is 22.4 Å². The highest BCUT2D eigenvalue weighted by atomic mass is 32.2. The number of hydrogen-bond acceptors (Lipinski definition) is 6. The van der Waals surface area contributed by atoms with Crippen molar-refractivity contribution in [2.45, 2.75) is 43.6 Å². The summed E-state index contributed by atoms with van der Waals surface area (Å²) in [6.45, 7) is 7.61. The summed E-state index contributed by atoms with van der Waals surface area (Å²) in [4.78, 5) is 15.4. The van der Waals surface area contributed by atoms with E-state index >= 15 is 0 Å². The van der Waals surface area contributed by atoms with E-state index in [1.165, 1.54) is 16.9 Å². The minimum Gasteiger partial charge on any atom is -0.477 e. The quantitative estimate of drug-likeness (QED) is 0.656. The first-order chi connectivity index (χ1) is 12.1. The van der Waals surface area contributed by atoms with Gasteiger partial charge in [-0.3, -0.25) is 0 Å². The molecule has 8 heteroatoms. The first-order valence-electron chi connectivity index (χ1n) is 8.05. The zero-order valence-electron chi connectivity index (χ0n) is 14.9. The maximum absolute atomic E-state index is 12.9. The Morgan fingerprint density at radius 3 is 2.50 bits per heavy atom. The third kappa shape index (κ3) is 3.41. The van der Waals surface area contributed by atoms with Crippen LogP contribution in [0.3, 0.4) is 0 Å². The van der Waals surface area contributed by atoms with Crippen molar-refractivity contribution in [2.75, 3.05) is 0 Å². The Morgan fingerprint density at radius 1 is 1.23 bits per heavy atom. The van der Waals surface area contributed by atoms with Crippen LogP contribution in [0.4, 0.5) is 0 Å². The second-order valence-electron chi connectivity index (χ2n) is 6.51. The second-order valence-corrected chi connectivity index (χ2v) is 10.8. The van der Waals surface area contributed by atoms with Gasteiger partial charge in [-0.25, -0.2) is 18.2 Å². The van der Waals surface area contributed by atoms with Crippen LogP contribution >= 0.6 is 22.7 Å². The van der Waals surface area contributed by atoms with Gasteiger partial charge in [0.2, 0.25) is 0 Å². The molecule has 138 valence electrons. The van der Waals surface area contributed by atoms with Crippen LogP contribution in [0.1, 0.15) is 51.3 Å². The molecule has 5 nitrogen and oxygen atoms in total. The standard InChI is InChI=1S/C18H19NO4S3/c1-9(2)12-5-6-14-13(7-12)10(3)18(24-14)26(22,23)8-15-19-11(4)16(25-15)17(20)21/h5-7,9H,8H2,1-4H3,(H,20,21). The molecule has 0 radical (unpaired) electrons. The summed E-state index contributed by atoms with van der Waals surface area (Å²) in [5, 5.41) is 10.4. The fraction of sp³-hybridized carbons (Fsp3) is 0.333. The topological polar surface area (TPSA) is 84.3 Å². The van der Waals surface area contributed by atoms with Crippen LogP contribution in [-0.2, 0) is 15.6 Å². The van der Waals surface area contributed by atoms with Crippen molar-refractivity contribution in [3.63, 3.8) is 0 Å². The first kappa shape index (κ1) is 19.0. The van der Waals surface area contributed by atoms with Gasteiger partial charge in [0.25, 0.3) is 0 Å². The summed E-state index contributed by atoms with van der Waals surface area (Å²) in [7, 11) is -3.59. The van der Waals surface area contributed by atoms with Crippen molar-refractivity contribution in [1.29, 1.82) is 0 Å². The number of carboxylic acids is 1. The molecular weight excluding hydrogens is 390 g/mol. The molecule has 0 amide bonds. The number of thiazole rings is 1. The zero-order valence-corrected chi connectivity index (χ0v) is 17.3. The van der Waals surface area contributed by atoms with E-state index in [1.807, 2.05) is 19.1 Å². The number of carbonyl (C=O) groups is 1. The maximum Gasteiger partial charge on any atom is 0.347 e. The van der Waals surface area contributed by atoms with E-state index < -0.39 is 15.8 Å². The summed E-state index contributed by atoms with van der Waals surface area (Å²) >= 11 is 2.18. The molecule has 0 aliphatic rings. The SMILES string of the molecule is Cc1nc(CS(=O)(=O)c2sc3ccc(C(C)C)cc3c2C)sc1C(=O)O. The highest BCUT2D eigenvalue weighted by molar-refractivity contribution is 7.93. The number of aromatic nitrogens is 1. The number of fused-ring (bicyclic) bond motifs is 1. The summed E-state index contributed by atoms with van der Waals surface area (Å²) in [6, 6.07) is 6.06. The summed E-state index contributed by atoms with van der Waals surface area (Å²) in [6.07, 6.45) is 0. The van der Waals surface area contributed by atoms with Gasteiger partial charge in [0.05, 0.1) is 5.69 Å². The molecule has 0 spiro atoms. The zero-order chi connectivity index (χ0) is 19.2. The number of sulfone groups is 1. The van der Waals surface area contributed by atoms with Gasteiger partial charge in [-0.1, -0.05) is 19.9 Å². The van der Waals surface area contributed by atoms with Gasteiger partial charge in [-0.2, -0.15) is 0 Å². The van der Waals surface area contributed by atoms with Crippen LogP contribution in [0.2, 0.25) is 0 Å². The first-order valence-corrected chi connectivity index (χ1v) is 11.3. The van der Waals surface area contributed by atoms with E-state index in [0.717, 1.165) is 27.0 Å². The summed E-state index contributed by atoms with van der Waals surface area (Å²) < 4.78 is 27.1. The summed E-state index contributed by atoms with van der Waals surface area (Å²) in [5.41, 5.74) is 2.27. The van der Waals surface area contributed by atoms with Gasteiger partial charge in [0, 0.05) is 4.70 Å². The van der Waals surface area contributed by atoms with Gasteiger partial charge in [-0.05, 0) is 48.4 Å². The molecule has 0 fully saturated rings. The number of nitrogens with zero attached hydrogens (tertiary/aromatic N) is 1. The Balaban J connectivity index is 2.03. The number of aryl methyl sites for hydroxylation is 2. The Labute approximate surface area is 160 Å². The third-order valence-corrected chi connectivity index (χ3v) is 9.15. The predicted octanol–water partition coefficient (Wildman–Crippen LogP) is 4.77. The van der Waals surface area contributed by atoms with Gasteiger partial charge in [-0.15, -0.1) is 22.7 Å². The van der Waals surface area contributed by atoms with Gasteiger partial charge < -0.3 is 5.11 Å². The Bertz CT molecular complexity index is 1110. The van der Waals surface area contributed by atoms with Crippen molar-refractivity contribution in [1.82, 2.24) is 4.98 Å². The largest absolute Gasteiger partial charge is 0.477 e. The smallest absolute Gasteiger partial charge is 0.347 e. The Morgan fingerprint density at radius 2 is 1.92 bits per heavy atom. The molecule has 0 aliphatic heterocycles. The van der Waals surface area contributed by atoms with Crippen molar-refractivity contribution in [2.24, 2.45) is 0 Å². The average molecular weight is 410 g/mol. The number of aromatic carboxylic acids is 1. The van der Waals surface area contributed by atoms with Crippen LogP contribution in [0.5, 0.6) is 0 Å². The van der Waals surface area contributed by atoms with E-state index in [-0.39, 0.29) is 10.6 Å². The lowest BCUT2D eigenvalue weighted by Crippen LogP contribution is -2.04. The van der Waals surface area contributed by atoms with E-state index in [4.69, 9.17) is 5.11 Å². The minimum atomic E-state index is -3.59. The molecule has 1 N–H and O–H groups in total. The molecule has 0 aliphatic carbocycles. The fourth-order valence-corrected chi connectivity index (χ4v) is 7.18. The van der Waals surface area contributed by atoms with Gasteiger partial charge in [0.1, 0.15) is 19.8 Å². The molecule has 0 unspecified atom stereocenters. The van der Waals surface area contributed by atoms with Crippen molar-refractivity contribution in [3.8, 4) is 0 Å². The molecule has 0 saturated heterocycles. The number of hydrogen-bond donors (Lipinski definition) is 1. The third-order valence-electron chi connectivity index (χ3n) is 4.21. The molecule has 3 rings (SSSR count).